The van der Waals surface area contributed by atoms with Gasteiger partial charge in [-0.1, -0.05) is 30.3 Å². The van der Waals surface area contributed by atoms with Gasteiger partial charge in [0, 0.05) is 19.4 Å². The standard InChI is InChI=1S/C13H15NO3/c1-9(15)14-8-7-11(12(14)13(16)17)10-5-3-2-4-6-10/h2-6,11-12H,7-8H2,1H3,(H,16,17)/t11-,12+/m0/s1. The van der Waals surface area contributed by atoms with Crippen LogP contribution in [0, 0.1) is 0 Å². The summed E-state index contributed by atoms with van der Waals surface area (Å²) in [7, 11) is 0. The predicted octanol–water partition coefficient (Wildman–Crippen LogP) is 1.48. The SMILES string of the molecule is CC(=O)N1CC[C@@H](c2ccccc2)[C@@H]1C(=O)O. The van der Waals surface area contributed by atoms with Crippen LogP contribution >= 0.6 is 0 Å². The lowest BCUT2D eigenvalue weighted by Gasteiger charge is -2.23. The quantitative estimate of drug-likeness (QED) is 0.841. The van der Waals surface area contributed by atoms with E-state index < -0.39 is 12.0 Å². The van der Waals surface area contributed by atoms with Crippen molar-refractivity contribution in [3.63, 3.8) is 0 Å². The van der Waals surface area contributed by atoms with Gasteiger partial charge in [-0.05, 0) is 12.0 Å². The van der Waals surface area contributed by atoms with E-state index in [9.17, 15) is 14.7 Å². The van der Waals surface area contributed by atoms with Crippen molar-refractivity contribution in [2.24, 2.45) is 0 Å². The fourth-order valence-electron chi connectivity index (χ4n) is 2.50. The van der Waals surface area contributed by atoms with E-state index in [0.717, 1.165) is 5.56 Å². The van der Waals surface area contributed by atoms with Crippen LogP contribution in [0.4, 0.5) is 0 Å². The van der Waals surface area contributed by atoms with E-state index in [4.69, 9.17) is 0 Å². The molecule has 1 N–H and O–H groups in total. The van der Waals surface area contributed by atoms with Gasteiger partial charge in [-0.3, -0.25) is 4.79 Å². The van der Waals surface area contributed by atoms with Crippen molar-refractivity contribution < 1.29 is 14.7 Å². The summed E-state index contributed by atoms with van der Waals surface area (Å²) in [5.74, 6) is -1.19. The molecular weight excluding hydrogens is 218 g/mol. The first-order valence-electron chi connectivity index (χ1n) is 5.66. The van der Waals surface area contributed by atoms with Crippen LogP contribution in [-0.4, -0.2) is 34.5 Å². The number of aliphatic carboxylic acids is 1. The van der Waals surface area contributed by atoms with E-state index in [1.807, 2.05) is 30.3 Å². The Morgan fingerprint density at radius 3 is 2.47 bits per heavy atom. The van der Waals surface area contributed by atoms with Gasteiger partial charge < -0.3 is 10.0 Å². The van der Waals surface area contributed by atoms with Gasteiger partial charge in [0.15, 0.2) is 0 Å². The molecule has 1 aliphatic rings. The highest BCUT2D eigenvalue weighted by Gasteiger charge is 2.41. The summed E-state index contributed by atoms with van der Waals surface area (Å²) in [6.45, 7) is 1.94. The molecule has 1 amide bonds. The second-order valence-electron chi connectivity index (χ2n) is 4.30. The average molecular weight is 233 g/mol. The topological polar surface area (TPSA) is 57.6 Å². The van der Waals surface area contributed by atoms with Crippen molar-refractivity contribution in [3.05, 3.63) is 35.9 Å². The molecule has 4 nitrogen and oxygen atoms in total. The third kappa shape index (κ3) is 2.16. The van der Waals surface area contributed by atoms with E-state index in [1.54, 1.807) is 0 Å². The maximum atomic E-state index is 11.4. The number of carbonyl (C=O) groups excluding carboxylic acids is 1. The van der Waals surface area contributed by atoms with Crippen LogP contribution in [0.5, 0.6) is 0 Å². The van der Waals surface area contributed by atoms with Crippen LogP contribution in [-0.2, 0) is 9.59 Å². The lowest BCUT2D eigenvalue weighted by atomic mass is 9.92. The zero-order valence-corrected chi connectivity index (χ0v) is 9.67. The highest BCUT2D eigenvalue weighted by atomic mass is 16.4. The van der Waals surface area contributed by atoms with Gasteiger partial charge in [0.05, 0.1) is 0 Å². The number of amides is 1. The Kier molecular flexibility index (Phi) is 3.13. The summed E-state index contributed by atoms with van der Waals surface area (Å²) in [5, 5.41) is 9.27. The molecule has 0 radical (unpaired) electrons. The predicted molar refractivity (Wildman–Crippen MR) is 62.6 cm³/mol. The first-order valence-corrected chi connectivity index (χ1v) is 5.66. The van der Waals surface area contributed by atoms with Crippen LogP contribution in [0.3, 0.4) is 0 Å². The van der Waals surface area contributed by atoms with Crippen LogP contribution in [0.25, 0.3) is 0 Å². The Bertz CT molecular complexity index is 430. The molecule has 1 heterocycles. The van der Waals surface area contributed by atoms with Crippen LogP contribution in [0.15, 0.2) is 30.3 Å². The number of carboxylic acid groups (broad SMARTS) is 1. The summed E-state index contributed by atoms with van der Waals surface area (Å²) in [6, 6.07) is 8.80. The number of hydrogen-bond acceptors (Lipinski definition) is 2. The van der Waals surface area contributed by atoms with Gasteiger partial charge in [-0.25, -0.2) is 4.79 Å². The zero-order chi connectivity index (χ0) is 12.4. The first kappa shape index (κ1) is 11.6. The highest BCUT2D eigenvalue weighted by molar-refractivity contribution is 5.84. The zero-order valence-electron chi connectivity index (χ0n) is 9.67. The Morgan fingerprint density at radius 1 is 1.29 bits per heavy atom. The number of nitrogens with zero attached hydrogens (tertiary/aromatic N) is 1. The average Bonchev–Trinajstić information content (AvgIpc) is 2.74. The van der Waals surface area contributed by atoms with Crippen LogP contribution < -0.4 is 0 Å². The third-order valence-electron chi connectivity index (χ3n) is 3.28. The van der Waals surface area contributed by atoms with Crippen molar-refractivity contribution in [2.75, 3.05) is 6.54 Å². The van der Waals surface area contributed by atoms with Gasteiger partial charge in [-0.15, -0.1) is 0 Å². The highest BCUT2D eigenvalue weighted by Crippen LogP contribution is 2.33. The van der Waals surface area contributed by atoms with Crippen molar-refractivity contribution in [2.45, 2.75) is 25.3 Å². The molecule has 0 spiro atoms. The fourth-order valence-corrected chi connectivity index (χ4v) is 2.50. The van der Waals surface area contributed by atoms with E-state index in [-0.39, 0.29) is 11.8 Å². The van der Waals surface area contributed by atoms with E-state index >= 15 is 0 Å². The summed E-state index contributed by atoms with van der Waals surface area (Å²) in [6.07, 6.45) is 0.709. The maximum absolute atomic E-state index is 11.4. The third-order valence-corrected chi connectivity index (χ3v) is 3.28. The number of rotatable bonds is 2. The molecule has 2 atom stereocenters. The Labute approximate surface area is 99.9 Å². The molecule has 1 fully saturated rings. The maximum Gasteiger partial charge on any atom is 0.327 e. The van der Waals surface area contributed by atoms with E-state index in [1.165, 1.54) is 11.8 Å². The summed E-state index contributed by atoms with van der Waals surface area (Å²) >= 11 is 0. The normalized spacial score (nSPS) is 23.7. The number of carboxylic acids is 1. The minimum atomic E-state index is -0.924. The lowest BCUT2D eigenvalue weighted by Crippen LogP contribution is -2.41. The fraction of sp³-hybridized carbons (Fsp3) is 0.385. The number of hydrogen-bond donors (Lipinski definition) is 1. The molecule has 0 aliphatic carbocycles. The number of benzene rings is 1. The van der Waals surface area contributed by atoms with Crippen LogP contribution in [0.2, 0.25) is 0 Å². The lowest BCUT2D eigenvalue weighted by molar-refractivity contribution is -0.147. The summed E-state index contributed by atoms with van der Waals surface area (Å²) < 4.78 is 0. The molecule has 4 heteroatoms. The molecular formula is C13H15NO3. The number of likely N-dealkylation sites (tertiary alicyclic amines) is 1. The minimum absolute atomic E-state index is 0.0994. The molecule has 90 valence electrons. The molecule has 1 aromatic rings. The molecule has 0 aromatic heterocycles. The molecule has 17 heavy (non-hydrogen) atoms. The van der Waals surface area contributed by atoms with Crippen molar-refractivity contribution >= 4 is 11.9 Å². The van der Waals surface area contributed by atoms with Gasteiger partial charge in [0.25, 0.3) is 0 Å². The van der Waals surface area contributed by atoms with Gasteiger partial charge >= 0.3 is 5.97 Å². The van der Waals surface area contributed by atoms with Crippen molar-refractivity contribution in [3.8, 4) is 0 Å². The first-order chi connectivity index (χ1) is 8.11. The molecule has 1 aromatic carbocycles. The van der Waals surface area contributed by atoms with E-state index in [0.29, 0.717) is 13.0 Å². The summed E-state index contributed by atoms with van der Waals surface area (Å²) in [5.41, 5.74) is 0.989. The molecule has 0 unspecified atom stereocenters. The van der Waals surface area contributed by atoms with Gasteiger partial charge in [-0.2, -0.15) is 0 Å². The second kappa shape index (κ2) is 4.57. The van der Waals surface area contributed by atoms with E-state index in [2.05, 4.69) is 0 Å². The number of carbonyl (C=O) groups is 2. The summed E-state index contributed by atoms with van der Waals surface area (Å²) in [4.78, 5) is 24.2. The van der Waals surface area contributed by atoms with Gasteiger partial charge in [0.1, 0.15) is 6.04 Å². The van der Waals surface area contributed by atoms with Crippen molar-refractivity contribution in [1.29, 1.82) is 0 Å². The molecule has 2 rings (SSSR count). The van der Waals surface area contributed by atoms with Crippen LogP contribution in [0.1, 0.15) is 24.8 Å². The van der Waals surface area contributed by atoms with Gasteiger partial charge in [0.2, 0.25) is 5.91 Å². The Balaban J connectivity index is 2.30. The monoisotopic (exact) mass is 233 g/mol. The molecule has 1 aliphatic heterocycles. The van der Waals surface area contributed by atoms with Crippen molar-refractivity contribution in [1.82, 2.24) is 4.90 Å². The second-order valence-corrected chi connectivity index (χ2v) is 4.30. The Hall–Kier alpha value is -1.84. The molecule has 0 bridgehead atoms. The Morgan fingerprint density at radius 2 is 1.94 bits per heavy atom. The largest absolute Gasteiger partial charge is 0.480 e. The molecule has 0 saturated carbocycles. The molecule has 1 saturated heterocycles. The minimum Gasteiger partial charge on any atom is -0.480 e. The smallest absolute Gasteiger partial charge is 0.327 e.